The van der Waals surface area contributed by atoms with Crippen LogP contribution in [0.4, 0.5) is 0 Å². The van der Waals surface area contributed by atoms with Crippen molar-refractivity contribution in [3.05, 3.63) is 23.8 Å². The van der Waals surface area contributed by atoms with E-state index in [2.05, 4.69) is 23.5 Å². The topological polar surface area (TPSA) is 29.5 Å². The number of aromatic hydroxyl groups is 1. The quantitative estimate of drug-likeness (QED) is 0.906. The molecule has 94 valence electrons. The lowest BCUT2D eigenvalue weighted by Crippen LogP contribution is -2.07. The Labute approximate surface area is 111 Å². The molecular weight excluding hydrogens is 252 g/mol. The van der Waals surface area contributed by atoms with Gasteiger partial charge in [-0.3, -0.25) is 0 Å². The zero-order valence-electron chi connectivity index (χ0n) is 10.0. The number of ether oxygens (including phenoxy) is 1. The van der Waals surface area contributed by atoms with Crippen LogP contribution in [0, 0.1) is 0 Å². The summed E-state index contributed by atoms with van der Waals surface area (Å²) in [5.74, 6) is 3.40. The first kappa shape index (κ1) is 13.0. The van der Waals surface area contributed by atoms with E-state index < -0.39 is 0 Å². The summed E-state index contributed by atoms with van der Waals surface area (Å²) in [6.45, 7) is 0. The molecule has 1 aliphatic rings. The smallest absolute Gasteiger partial charge is 0.160 e. The molecule has 1 heterocycles. The molecule has 4 heteroatoms. The van der Waals surface area contributed by atoms with Gasteiger partial charge in [-0.2, -0.15) is 0 Å². The van der Waals surface area contributed by atoms with Crippen LogP contribution in [0.25, 0.3) is 0 Å². The van der Waals surface area contributed by atoms with Crippen molar-refractivity contribution in [2.75, 3.05) is 18.6 Å². The van der Waals surface area contributed by atoms with Gasteiger partial charge in [-0.1, -0.05) is 6.07 Å². The van der Waals surface area contributed by atoms with Gasteiger partial charge in [0.1, 0.15) is 0 Å². The summed E-state index contributed by atoms with van der Waals surface area (Å²) in [6, 6.07) is 5.64. The molecule has 0 radical (unpaired) electrons. The van der Waals surface area contributed by atoms with Crippen molar-refractivity contribution in [3.8, 4) is 11.5 Å². The van der Waals surface area contributed by atoms with Crippen molar-refractivity contribution in [2.24, 2.45) is 0 Å². The molecule has 1 aliphatic heterocycles. The van der Waals surface area contributed by atoms with Crippen LogP contribution in [0.5, 0.6) is 11.5 Å². The molecule has 0 aromatic heterocycles. The van der Waals surface area contributed by atoms with Crippen LogP contribution in [0.15, 0.2) is 18.2 Å². The predicted molar refractivity (Wildman–Crippen MR) is 76.3 cm³/mol. The summed E-state index contributed by atoms with van der Waals surface area (Å²) in [5.41, 5.74) is 1.24. The van der Waals surface area contributed by atoms with Crippen LogP contribution in [0.1, 0.15) is 18.4 Å². The molecule has 0 amide bonds. The van der Waals surface area contributed by atoms with Gasteiger partial charge in [-0.25, -0.2) is 0 Å². The van der Waals surface area contributed by atoms with E-state index in [-0.39, 0.29) is 5.75 Å². The maximum absolute atomic E-state index is 9.52. The maximum Gasteiger partial charge on any atom is 0.160 e. The third kappa shape index (κ3) is 3.75. The summed E-state index contributed by atoms with van der Waals surface area (Å²) in [6.07, 6.45) is 3.60. The lowest BCUT2D eigenvalue weighted by molar-refractivity contribution is 0.373. The second kappa shape index (κ2) is 6.45. The predicted octanol–water partition coefficient (Wildman–Crippen LogP) is 3.53. The standard InChI is InChI=1S/C13H18O2S2/c1-15-12-9-10(3-5-11(12)14)4-6-13-16-7-2-8-17-13/h3,5,9,13-14H,2,4,6-8H2,1H3. The number of phenolic OH excluding ortho intramolecular Hbond substituents is 1. The fraction of sp³-hybridized carbons (Fsp3) is 0.538. The van der Waals surface area contributed by atoms with E-state index in [1.54, 1.807) is 13.2 Å². The molecule has 1 saturated heterocycles. The molecule has 0 unspecified atom stereocenters. The van der Waals surface area contributed by atoms with Crippen molar-refractivity contribution < 1.29 is 9.84 Å². The highest BCUT2D eigenvalue weighted by molar-refractivity contribution is 8.17. The van der Waals surface area contributed by atoms with Gasteiger partial charge >= 0.3 is 0 Å². The van der Waals surface area contributed by atoms with E-state index in [9.17, 15) is 5.11 Å². The molecule has 2 rings (SSSR count). The Morgan fingerprint density at radius 3 is 2.82 bits per heavy atom. The van der Waals surface area contributed by atoms with Crippen LogP contribution in [0.2, 0.25) is 0 Å². The normalized spacial score (nSPS) is 17.0. The summed E-state index contributed by atoms with van der Waals surface area (Å²) in [7, 11) is 1.59. The fourth-order valence-electron chi connectivity index (χ4n) is 1.87. The first-order chi connectivity index (χ1) is 8.29. The van der Waals surface area contributed by atoms with Gasteiger partial charge in [-0.05, 0) is 48.5 Å². The monoisotopic (exact) mass is 270 g/mol. The number of benzene rings is 1. The summed E-state index contributed by atoms with van der Waals surface area (Å²) in [5, 5.41) is 9.52. The van der Waals surface area contributed by atoms with E-state index in [4.69, 9.17) is 4.74 Å². The summed E-state index contributed by atoms with van der Waals surface area (Å²) >= 11 is 4.16. The Bertz CT molecular complexity index is 362. The molecule has 1 N–H and O–H groups in total. The van der Waals surface area contributed by atoms with Crippen LogP contribution in [0.3, 0.4) is 0 Å². The third-order valence-electron chi connectivity index (χ3n) is 2.81. The highest BCUT2D eigenvalue weighted by Gasteiger charge is 2.14. The average molecular weight is 270 g/mol. The van der Waals surface area contributed by atoms with E-state index >= 15 is 0 Å². The van der Waals surface area contributed by atoms with Gasteiger partial charge in [0.15, 0.2) is 11.5 Å². The van der Waals surface area contributed by atoms with Crippen LogP contribution in [-0.2, 0) is 6.42 Å². The Balaban J connectivity index is 1.89. The number of rotatable bonds is 4. The number of aryl methyl sites for hydroxylation is 1. The number of thioether (sulfide) groups is 2. The molecule has 1 fully saturated rings. The molecule has 2 nitrogen and oxygen atoms in total. The van der Waals surface area contributed by atoms with Crippen molar-refractivity contribution in [2.45, 2.75) is 23.8 Å². The molecule has 1 aromatic carbocycles. The first-order valence-electron chi connectivity index (χ1n) is 5.88. The van der Waals surface area contributed by atoms with Crippen molar-refractivity contribution >= 4 is 23.5 Å². The summed E-state index contributed by atoms with van der Waals surface area (Å²) < 4.78 is 5.86. The van der Waals surface area contributed by atoms with E-state index in [0.29, 0.717) is 5.75 Å². The zero-order chi connectivity index (χ0) is 12.1. The lowest BCUT2D eigenvalue weighted by atomic mass is 10.1. The first-order valence-corrected chi connectivity index (χ1v) is 7.98. The van der Waals surface area contributed by atoms with Gasteiger partial charge in [0.25, 0.3) is 0 Å². The van der Waals surface area contributed by atoms with Gasteiger partial charge in [-0.15, -0.1) is 23.5 Å². The molecule has 1 aromatic rings. The van der Waals surface area contributed by atoms with Crippen molar-refractivity contribution in [1.82, 2.24) is 0 Å². The van der Waals surface area contributed by atoms with Crippen LogP contribution < -0.4 is 4.74 Å². The molecule has 17 heavy (non-hydrogen) atoms. The second-order valence-corrected chi connectivity index (χ2v) is 6.99. The highest BCUT2D eigenvalue weighted by Crippen LogP contribution is 2.34. The second-order valence-electron chi connectivity index (χ2n) is 4.07. The summed E-state index contributed by atoms with van der Waals surface area (Å²) in [4.78, 5) is 0. The average Bonchev–Trinajstić information content (AvgIpc) is 2.39. The minimum absolute atomic E-state index is 0.220. The molecule has 0 saturated carbocycles. The molecular formula is C13H18O2S2. The van der Waals surface area contributed by atoms with Crippen molar-refractivity contribution in [3.63, 3.8) is 0 Å². The number of hydrogen-bond donors (Lipinski definition) is 1. The minimum atomic E-state index is 0.220. The number of methoxy groups -OCH3 is 1. The molecule has 0 atom stereocenters. The zero-order valence-corrected chi connectivity index (χ0v) is 11.6. The Hall–Kier alpha value is -0.480. The lowest BCUT2D eigenvalue weighted by Gasteiger charge is -2.20. The number of phenols is 1. The van der Waals surface area contributed by atoms with Crippen molar-refractivity contribution in [1.29, 1.82) is 0 Å². The molecule has 0 spiro atoms. The van der Waals surface area contributed by atoms with Gasteiger partial charge in [0, 0.05) is 0 Å². The maximum atomic E-state index is 9.52. The highest BCUT2D eigenvalue weighted by atomic mass is 32.2. The Kier molecular flexibility index (Phi) is 4.92. The number of hydrogen-bond acceptors (Lipinski definition) is 4. The minimum Gasteiger partial charge on any atom is -0.504 e. The Morgan fingerprint density at radius 2 is 2.12 bits per heavy atom. The van der Waals surface area contributed by atoms with Crippen LogP contribution in [-0.4, -0.2) is 28.3 Å². The SMILES string of the molecule is COc1cc(CCC2SCCCS2)ccc1O. The largest absolute Gasteiger partial charge is 0.504 e. The third-order valence-corrected chi connectivity index (χ3v) is 5.89. The van der Waals surface area contributed by atoms with Gasteiger partial charge in [0.2, 0.25) is 0 Å². The van der Waals surface area contributed by atoms with E-state index in [1.807, 2.05) is 12.1 Å². The Morgan fingerprint density at radius 1 is 1.35 bits per heavy atom. The fourth-order valence-corrected chi connectivity index (χ4v) is 4.73. The van der Waals surface area contributed by atoms with E-state index in [1.165, 1.54) is 29.9 Å². The van der Waals surface area contributed by atoms with Crippen LogP contribution >= 0.6 is 23.5 Å². The molecule has 0 bridgehead atoms. The van der Waals surface area contributed by atoms with E-state index in [0.717, 1.165) is 11.0 Å². The molecule has 0 aliphatic carbocycles. The van der Waals surface area contributed by atoms with Gasteiger partial charge in [0.05, 0.1) is 11.7 Å². The van der Waals surface area contributed by atoms with Gasteiger partial charge < -0.3 is 9.84 Å².